The molecule has 4 aromatic rings. The van der Waals surface area contributed by atoms with Crippen LogP contribution in [0.4, 0.5) is 0 Å². The summed E-state index contributed by atoms with van der Waals surface area (Å²) >= 11 is 0. The highest BCUT2D eigenvalue weighted by atomic mass is 32.2. The third-order valence-corrected chi connectivity index (χ3v) is 8.73. The maximum Gasteiger partial charge on any atom is 0.282 e. The van der Waals surface area contributed by atoms with Gasteiger partial charge in [-0.2, -0.15) is 4.31 Å². The summed E-state index contributed by atoms with van der Waals surface area (Å²) in [5, 5.41) is 12.2. The van der Waals surface area contributed by atoms with Crippen LogP contribution < -0.4 is 14.6 Å². The van der Waals surface area contributed by atoms with Crippen LogP contribution in [-0.4, -0.2) is 116 Å². The fourth-order valence-electron chi connectivity index (χ4n) is 3.83. The van der Waals surface area contributed by atoms with Gasteiger partial charge in [0, 0.05) is 26.2 Å². The van der Waals surface area contributed by atoms with E-state index in [0.29, 0.717) is 24.6 Å². The first-order valence-electron chi connectivity index (χ1n) is 14.1. The van der Waals surface area contributed by atoms with E-state index >= 15 is 0 Å². The van der Waals surface area contributed by atoms with E-state index in [1.54, 1.807) is 18.9 Å². The molecule has 2 heterocycles. The number of aromatic nitrogens is 6. The van der Waals surface area contributed by atoms with Gasteiger partial charge in [0.1, 0.15) is 24.2 Å². The van der Waals surface area contributed by atoms with Crippen LogP contribution in [0.25, 0.3) is 0 Å². The predicted molar refractivity (Wildman–Crippen MR) is 171 cm³/mol. The zero-order chi connectivity index (χ0) is 33.9. The van der Waals surface area contributed by atoms with Gasteiger partial charge in [0.05, 0.1) is 27.3 Å². The molecule has 16 nitrogen and oxygen atoms in total. The minimum Gasteiger partial charge on any atom is -0.497 e. The van der Waals surface area contributed by atoms with Crippen LogP contribution in [-0.2, 0) is 46.2 Å². The van der Waals surface area contributed by atoms with Crippen molar-refractivity contribution in [2.75, 3.05) is 55.5 Å². The Kier molecular flexibility index (Phi) is 13.2. The maximum atomic E-state index is 13.5. The summed E-state index contributed by atoms with van der Waals surface area (Å²) in [7, 11) is 3.19. The Morgan fingerprint density at radius 2 is 1.07 bits per heavy atom. The Labute approximate surface area is 270 Å². The summed E-state index contributed by atoms with van der Waals surface area (Å²) in [5.41, 5.74) is 1.66. The van der Waals surface area contributed by atoms with Gasteiger partial charge in [-0.05, 0) is 63.6 Å². The van der Waals surface area contributed by atoms with Crippen molar-refractivity contribution in [2.45, 2.75) is 36.5 Å². The molecule has 18 heteroatoms. The van der Waals surface area contributed by atoms with Crippen molar-refractivity contribution < 1.29 is 26.3 Å². The largest absolute Gasteiger partial charge is 0.497 e. The van der Waals surface area contributed by atoms with Crippen molar-refractivity contribution in [3.8, 4) is 11.5 Å². The lowest BCUT2D eigenvalue weighted by Gasteiger charge is -2.21. The second-order valence-corrected chi connectivity index (χ2v) is 14.0. The van der Waals surface area contributed by atoms with Crippen LogP contribution in [0, 0.1) is 0 Å². The van der Waals surface area contributed by atoms with Crippen LogP contribution in [0.3, 0.4) is 0 Å². The Morgan fingerprint density at radius 3 is 1.41 bits per heavy atom. The van der Waals surface area contributed by atoms with Gasteiger partial charge in [0.2, 0.25) is 0 Å². The number of hydrogen-bond acceptors (Lipinski definition) is 12. The van der Waals surface area contributed by atoms with Gasteiger partial charge in [-0.3, -0.25) is 9.36 Å². The number of methoxy groups -OCH3 is 2. The first-order valence-corrected chi connectivity index (χ1v) is 17.1. The molecule has 0 fully saturated rings. The number of hydrogen-bond donors (Lipinski definition) is 1. The van der Waals surface area contributed by atoms with Gasteiger partial charge in [0.15, 0.2) is 0 Å². The first kappa shape index (κ1) is 36.5. The van der Waals surface area contributed by atoms with Crippen LogP contribution in [0.1, 0.15) is 11.1 Å². The number of nitrogens with two attached hydrogens (primary N) is 1. The second kappa shape index (κ2) is 16.6. The zero-order valence-corrected chi connectivity index (χ0v) is 28.5. The van der Waals surface area contributed by atoms with Gasteiger partial charge in [-0.25, -0.2) is 31.9 Å². The molecule has 4 rings (SSSR count). The normalized spacial score (nSPS) is 12.0. The molecule has 2 aromatic heterocycles. The lowest BCUT2D eigenvalue weighted by molar-refractivity contribution is 0.369. The molecule has 0 saturated carbocycles. The van der Waals surface area contributed by atoms with Gasteiger partial charge < -0.3 is 19.3 Å². The number of likely N-dealkylation sites (N-methyl/N-ethyl adjacent to an activating group) is 2. The van der Waals surface area contributed by atoms with Crippen molar-refractivity contribution in [2.24, 2.45) is 5.14 Å². The van der Waals surface area contributed by atoms with Gasteiger partial charge >= 0.3 is 0 Å². The highest BCUT2D eigenvalue weighted by Gasteiger charge is 2.29. The van der Waals surface area contributed by atoms with Crippen LogP contribution in [0.2, 0.25) is 0 Å². The summed E-state index contributed by atoms with van der Waals surface area (Å²) < 4.78 is 63.3. The lowest BCUT2D eigenvalue weighted by atomic mass is 10.2. The Bertz CT molecular complexity index is 1670. The minimum absolute atomic E-state index is 0.171. The second-order valence-electron chi connectivity index (χ2n) is 10.7. The molecule has 0 aliphatic carbocycles. The molecule has 0 bridgehead atoms. The predicted octanol–water partition coefficient (Wildman–Crippen LogP) is 0.735. The molecular weight excluding hydrogens is 637 g/mol. The topological polar surface area (TPSA) is 184 Å². The number of rotatable bonds is 15. The van der Waals surface area contributed by atoms with Crippen molar-refractivity contribution in [1.82, 2.24) is 43.6 Å². The molecule has 0 atom stereocenters. The van der Waals surface area contributed by atoms with E-state index in [-0.39, 0.29) is 23.4 Å². The molecule has 0 aliphatic rings. The average Bonchev–Trinajstić information content (AvgIpc) is 3.71. The van der Waals surface area contributed by atoms with E-state index in [9.17, 15) is 16.8 Å². The number of ether oxygens (including phenoxy) is 2. The molecule has 0 unspecified atom stereocenters. The molecule has 46 heavy (non-hydrogen) atoms. The maximum absolute atomic E-state index is 13.5. The lowest BCUT2D eigenvalue weighted by Crippen LogP contribution is -2.31. The molecule has 0 saturated heterocycles. The summed E-state index contributed by atoms with van der Waals surface area (Å²) in [5.74, 6) is 1.42. The number of sulfonamides is 2. The number of primary sulfonamides is 1. The monoisotopic (exact) mass is 678 g/mol. The number of nitrogens with zero attached hydrogens (tertiary/aromatic N) is 9. The highest BCUT2D eigenvalue weighted by molar-refractivity contribution is 7.89. The van der Waals surface area contributed by atoms with Crippen molar-refractivity contribution in [1.29, 1.82) is 0 Å². The summed E-state index contributed by atoms with van der Waals surface area (Å²) in [6.45, 7) is 2.95. The first-order chi connectivity index (χ1) is 21.7. The fraction of sp³-hybridized carbons (Fsp3) is 0.429. The molecular formula is C28H42N10O6S2. The average molecular weight is 679 g/mol. The van der Waals surface area contributed by atoms with Crippen LogP contribution >= 0.6 is 0 Å². The molecule has 0 amide bonds. The third-order valence-electron chi connectivity index (χ3n) is 6.44. The van der Waals surface area contributed by atoms with E-state index in [1.807, 2.05) is 86.5 Å². The molecule has 252 valence electrons. The Hall–Kier alpha value is -3.94. The third kappa shape index (κ3) is 11.1. The van der Waals surface area contributed by atoms with Gasteiger partial charge in [-0.1, -0.05) is 24.3 Å². The van der Waals surface area contributed by atoms with E-state index in [2.05, 4.69) is 20.2 Å². The molecule has 0 spiro atoms. The zero-order valence-electron chi connectivity index (χ0n) is 26.9. The smallest absolute Gasteiger partial charge is 0.282 e. The Balaban J connectivity index is 0.000000344. The summed E-state index contributed by atoms with van der Waals surface area (Å²) in [6, 6.07) is 14.6. The Morgan fingerprint density at radius 1 is 0.674 bits per heavy atom. The molecule has 0 radical (unpaired) electrons. The summed E-state index contributed by atoms with van der Waals surface area (Å²) in [6.07, 6.45) is 2.80. The van der Waals surface area contributed by atoms with Crippen molar-refractivity contribution in [3.05, 3.63) is 72.3 Å². The van der Waals surface area contributed by atoms with Crippen LogP contribution in [0.15, 0.2) is 71.5 Å². The number of benzene rings is 2. The van der Waals surface area contributed by atoms with E-state index in [0.717, 1.165) is 24.2 Å². The summed E-state index contributed by atoms with van der Waals surface area (Å²) in [4.78, 5) is 11.6. The molecule has 0 aliphatic heterocycles. The van der Waals surface area contributed by atoms with E-state index in [1.165, 1.54) is 21.6 Å². The fourth-order valence-corrected chi connectivity index (χ4v) is 5.50. The minimum atomic E-state index is -3.93. The SMILES string of the molecule is CN(C)CCn1cnc(S(N)(=O)=O)n1.COc1ccc(CN(Cc2ccc(OC)cc2)S(=O)(=O)c2ncn(CCN(C)C)n2)cc1. The highest BCUT2D eigenvalue weighted by Crippen LogP contribution is 2.21. The van der Waals surface area contributed by atoms with E-state index in [4.69, 9.17) is 14.6 Å². The quantitative estimate of drug-likeness (QED) is 0.186. The van der Waals surface area contributed by atoms with Gasteiger partial charge in [0.25, 0.3) is 30.4 Å². The van der Waals surface area contributed by atoms with Crippen molar-refractivity contribution >= 4 is 20.0 Å². The van der Waals surface area contributed by atoms with Gasteiger partial charge in [-0.15, -0.1) is 10.2 Å². The van der Waals surface area contributed by atoms with E-state index < -0.39 is 20.0 Å². The molecule has 2 aromatic carbocycles. The van der Waals surface area contributed by atoms with Crippen molar-refractivity contribution in [3.63, 3.8) is 0 Å². The molecule has 2 N–H and O–H groups in total. The van der Waals surface area contributed by atoms with Crippen LogP contribution in [0.5, 0.6) is 11.5 Å². The standard InChI is InChI=1S/C22H29N5O4S.C6H13N5O2S/c1-25(2)13-14-26-17-23-22(24-26)32(28,29)27(15-18-5-9-20(30-3)10-6-18)16-19-7-11-21(31-4)12-8-19;1-10(2)3-4-11-5-8-6(9-11)14(7,12)13/h5-12,17H,13-16H2,1-4H3;5H,3-4H2,1-2H3,(H2,7,12,13).